The van der Waals surface area contributed by atoms with E-state index in [4.69, 9.17) is 4.98 Å². The Balaban J connectivity index is 1.14. The molecule has 3 aliphatic heterocycles. The van der Waals surface area contributed by atoms with Crippen molar-refractivity contribution in [2.24, 2.45) is 0 Å². The first kappa shape index (κ1) is 22.6. The minimum Gasteiger partial charge on any atom is -0.356 e. The van der Waals surface area contributed by atoms with Gasteiger partial charge in [-0.25, -0.2) is 4.98 Å². The van der Waals surface area contributed by atoms with E-state index in [0.29, 0.717) is 18.5 Å². The first-order chi connectivity index (χ1) is 16.2. The molecule has 0 aromatic carbocycles. The number of rotatable bonds is 6. The van der Waals surface area contributed by atoms with E-state index in [2.05, 4.69) is 31.1 Å². The predicted octanol–water partition coefficient (Wildman–Crippen LogP) is 3.64. The van der Waals surface area contributed by atoms with E-state index in [1.165, 1.54) is 32.1 Å². The largest absolute Gasteiger partial charge is 0.356 e. The molecule has 0 saturated carbocycles. The van der Waals surface area contributed by atoms with Crippen LogP contribution in [-0.2, 0) is 11.2 Å². The van der Waals surface area contributed by atoms with Gasteiger partial charge in [0, 0.05) is 62.4 Å². The Morgan fingerprint density at radius 3 is 2.73 bits per heavy atom. The van der Waals surface area contributed by atoms with Gasteiger partial charge in [-0.1, -0.05) is 18.9 Å². The Morgan fingerprint density at radius 2 is 1.91 bits per heavy atom. The van der Waals surface area contributed by atoms with Crippen molar-refractivity contribution in [1.29, 1.82) is 0 Å². The molecule has 33 heavy (non-hydrogen) atoms. The van der Waals surface area contributed by atoms with E-state index in [-0.39, 0.29) is 5.91 Å². The molecule has 1 amide bonds. The third-order valence-electron chi connectivity index (χ3n) is 7.30. The van der Waals surface area contributed by atoms with Crippen molar-refractivity contribution in [3.05, 3.63) is 34.7 Å². The standard InChI is InChI=1S/C25H36N6OS/c32-24(17-22-8-6-16-33-22)31-14-5-7-21(19-31)30-15-10-20(18-30)27-25-26-11-9-23(28-25)29-12-3-1-2-4-13-29/h6,8-9,11,16,20-21H,1-5,7,10,12-15,17-19H2,(H,26,27,28). The molecule has 0 bridgehead atoms. The topological polar surface area (TPSA) is 64.6 Å². The zero-order valence-corrected chi connectivity index (χ0v) is 20.3. The highest BCUT2D eigenvalue weighted by molar-refractivity contribution is 7.10. The van der Waals surface area contributed by atoms with Crippen LogP contribution in [0.5, 0.6) is 0 Å². The maximum Gasteiger partial charge on any atom is 0.227 e. The molecule has 0 radical (unpaired) electrons. The van der Waals surface area contributed by atoms with Gasteiger partial charge in [-0.15, -0.1) is 11.3 Å². The molecule has 2 unspecified atom stereocenters. The van der Waals surface area contributed by atoms with Crippen molar-refractivity contribution in [3.63, 3.8) is 0 Å². The third-order valence-corrected chi connectivity index (χ3v) is 8.17. The fourth-order valence-corrected chi connectivity index (χ4v) is 6.16. The fraction of sp³-hybridized carbons (Fsp3) is 0.640. The van der Waals surface area contributed by atoms with Crippen LogP contribution in [0.2, 0.25) is 0 Å². The molecule has 0 spiro atoms. The van der Waals surface area contributed by atoms with E-state index in [0.717, 1.165) is 68.8 Å². The Hall–Kier alpha value is -2.19. The predicted molar refractivity (Wildman–Crippen MR) is 134 cm³/mol. The molecule has 1 N–H and O–H groups in total. The average molecular weight is 469 g/mol. The van der Waals surface area contributed by atoms with Crippen LogP contribution in [0.25, 0.3) is 0 Å². The molecule has 3 aliphatic rings. The van der Waals surface area contributed by atoms with Gasteiger partial charge in [-0.3, -0.25) is 9.69 Å². The Morgan fingerprint density at radius 1 is 1.03 bits per heavy atom. The van der Waals surface area contributed by atoms with Crippen LogP contribution < -0.4 is 10.2 Å². The van der Waals surface area contributed by atoms with Crippen molar-refractivity contribution < 1.29 is 4.79 Å². The second-order valence-corrected chi connectivity index (χ2v) is 10.7. The number of nitrogens with one attached hydrogen (secondary N) is 1. The minimum atomic E-state index is 0.273. The van der Waals surface area contributed by atoms with Gasteiger partial charge in [-0.05, 0) is 49.6 Å². The van der Waals surface area contributed by atoms with Crippen molar-refractivity contribution in [2.75, 3.05) is 49.5 Å². The van der Waals surface area contributed by atoms with Gasteiger partial charge in [0.1, 0.15) is 5.82 Å². The van der Waals surface area contributed by atoms with Crippen molar-refractivity contribution >= 4 is 29.0 Å². The number of likely N-dealkylation sites (tertiary alicyclic amines) is 2. The summed E-state index contributed by atoms with van der Waals surface area (Å²) in [5.41, 5.74) is 0. The van der Waals surface area contributed by atoms with Crippen LogP contribution >= 0.6 is 11.3 Å². The van der Waals surface area contributed by atoms with Crippen molar-refractivity contribution in [2.45, 2.75) is 63.5 Å². The molecule has 178 valence electrons. The van der Waals surface area contributed by atoms with Gasteiger partial charge in [0.05, 0.1) is 6.42 Å². The number of anilines is 2. The van der Waals surface area contributed by atoms with Gasteiger partial charge in [0.25, 0.3) is 0 Å². The summed E-state index contributed by atoms with van der Waals surface area (Å²) in [6.45, 7) is 6.01. The fourth-order valence-electron chi connectivity index (χ4n) is 5.47. The van der Waals surface area contributed by atoms with Crippen LogP contribution in [0, 0.1) is 0 Å². The number of piperidine rings is 1. The first-order valence-electron chi connectivity index (χ1n) is 12.6. The van der Waals surface area contributed by atoms with Crippen molar-refractivity contribution in [3.8, 4) is 0 Å². The van der Waals surface area contributed by atoms with Gasteiger partial charge >= 0.3 is 0 Å². The smallest absolute Gasteiger partial charge is 0.227 e. The summed E-state index contributed by atoms with van der Waals surface area (Å²) in [5, 5.41) is 5.65. The zero-order valence-electron chi connectivity index (χ0n) is 19.5. The molecule has 0 aliphatic carbocycles. The quantitative estimate of drug-likeness (QED) is 0.698. The van der Waals surface area contributed by atoms with Crippen LogP contribution in [-0.4, -0.2) is 77.0 Å². The van der Waals surface area contributed by atoms with Gasteiger partial charge in [0.2, 0.25) is 11.9 Å². The lowest BCUT2D eigenvalue weighted by Crippen LogP contribution is -2.49. The SMILES string of the molecule is O=C(Cc1cccs1)N1CCCC(N2CCC(Nc3nccc(N4CCCCCC4)n3)C2)C1. The van der Waals surface area contributed by atoms with E-state index < -0.39 is 0 Å². The van der Waals surface area contributed by atoms with Crippen LogP contribution in [0.15, 0.2) is 29.8 Å². The van der Waals surface area contributed by atoms with E-state index in [1.54, 1.807) is 11.3 Å². The molecule has 5 rings (SSSR count). The summed E-state index contributed by atoms with van der Waals surface area (Å²) in [6.07, 6.45) is 10.9. The number of nitrogens with zero attached hydrogens (tertiary/aromatic N) is 5. The summed E-state index contributed by atoms with van der Waals surface area (Å²) in [7, 11) is 0. The van der Waals surface area contributed by atoms with Crippen LogP contribution in [0.3, 0.4) is 0 Å². The maximum absolute atomic E-state index is 12.8. The second kappa shape index (κ2) is 10.8. The van der Waals surface area contributed by atoms with Crippen molar-refractivity contribution in [1.82, 2.24) is 19.8 Å². The molecular formula is C25H36N6OS. The highest BCUT2D eigenvalue weighted by Crippen LogP contribution is 2.24. The molecule has 2 atom stereocenters. The number of amides is 1. The number of carbonyl (C=O) groups is 1. The lowest BCUT2D eigenvalue weighted by atomic mass is 10.0. The molecular weight excluding hydrogens is 432 g/mol. The normalized spacial score (nSPS) is 24.6. The first-order valence-corrected chi connectivity index (χ1v) is 13.5. The van der Waals surface area contributed by atoms with E-state index in [9.17, 15) is 4.79 Å². The highest BCUT2D eigenvalue weighted by Gasteiger charge is 2.33. The Bertz CT molecular complexity index is 898. The molecule has 2 aromatic rings. The number of aromatic nitrogens is 2. The molecule has 8 heteroatoms. The molecule has 7 nitrogen and oxygen atoms in total. The number of hydrogen-bond donors (Lipinski definition) is 1. The molecule has 3 fully saturated rings. The second-order valence-electron chi connectivity index (χ2n) is 9.66. The average Bonchev–Trinajstić information content (AvgIpc) is 3.45. The molecule has 3 saturated heterocycles. The lowest BCUT2D eigenvalue weighted by molar-refractivity contribution is -0.132. The minimum absolute atomic E-state index is 0.273. The summed E-state index contributed by atoms with van der Waals surface area (Å²) >= 11 is 1.67. The van der Waals surface area contributed by atoms with Gasteiger partial charge in [-0.2, -0.15) is 4.98 Å². The summed E-state index contributed by atoms with van der Waals surface area (Å²) in [6, 6.07) is 6.95. The Labute approximate surface area is 201 Å². The summed E-state index contributed by atoms with van der Waals surface area (Å²) in [4.78, 5) is 30.4. The monoisotopic (exact) mass is 468 g/mol. The molecule has 5 heterocycles. The lowest BCUT2D eigenvalue weighted by Gasteiger charge is -2.37. The Kier molecular flexibility index (Phi) is 7.41. The number of hydrogen-bond acceptors (Lipinski definition) is 7. The van der Waals surface area contributed by atoms with Crippen LogP contribution in [0.1, 0.15) is 49.8 Å². The van der Waals surface area contributed by atoms with Gasteiger partial charge in [0.15, 0.2) is 0 Å². The zero-order chi connectivity index (χ0) is 22.5. The summed E-state index contributed by atoms with van der Waals surface area (Å²) in [5.74, 6) is 2.08. The van der Waals surface area contributed by atoms with E-state index >= 15 is 0 Å². The third kappa shape index (κ3) is 5.84. The maximum atomic E-state index is 12.8. The molecule has 2 aromatic heterocycles. The summed E-state index contributed by atoms with van der Waals surface area (Å²) < 4.78 is 0. The number of carbonyl (C=O) groups excluding carboxylic acids is 1. The van der Waals surface area contributed by atoms with E-state index in [1.807, 2.05) is 23.7 Å². The number of thiophene rings is 1. The highest BCUT2D eigenvalue weighted by atomic mass is 32.1. The van der Waals surface area contributed by atoms with Crippen LogP contribution in [0.4, 0.5) is 11.8 Å². The van der Waals surface area contributed by atoms with Gasteiger partial charge < -0.3 is 15.1 Å².